The number of thiazole rings is 1. The summed E-state index contributed by atoms with van der Waals surface area (Å²) < 4.78 is 1.33. The van der Waals surface area contributed by atoms with E-state index in [2.05, 4.69) is 9.97 Å². The van der Waals surface area contributed by atoms with E-state index in [0.29, 0.717) is 6.54 Å². The van der Waals surface area contributed by atoms with Gasteiger partial charge in [-0.2, -0.15) is 0 Å². The molecule has 0 atom stereocenters. The number of hydrogen-bond donors (Lipinski definition) is 1. The minimum atomic E-state index is -0.569. The summed E-state index contributed by atoms with van der Waals surface area (Å²) in [6, 6.07) is 0. The minimum Gasteiger partial charge on any atom is -0.293 e. The van der Waals surface area contributed by atoms with Crippen LogP contribution in [0.3, 0.4) is 0 Å². The second kappa shape index (κ2) is 4.85. The van der Waals surface area contributed by atoms with E-state index in [-0.39, 0.29) is 5.02 Å². The van der Waals surface area contributed by atoms with Crippen LogP contribution in [0.2, 0.25) is 5.02 Å². The summed E-state index contributed by atoms with van der Waals surface area (Å²) in [7, 11) is 0. The Labute approximate surface area is 106 Å². The number of aromatic amines is 1. The average molecular weight is 272 g/mol. The van der Waals surface area contributed by atoms with E-state index >= 15 is 0 Å². The normalized spacial score (nSPS) is 10.7. The number of aryl methyl sites for hydroxylation is 1. The maximum atomic E-state index is 11.5. The molecule has 0 amide bonds. The van der Waals surface area contributed by atoms with Crippen LogP contribution in [0.25, 0.3) is 0 Å². The third-order valence-electron chi connectivity index (χ3n) is 2.20. The molecule has 0 unspecified atom stereocenters. The highest BCUT2D eigenvalue weighted by atomic mass is 35.5. The zero-order valence-corrected chi connectivity index (χ0v) is 10.6. The molecular formula is C10H10ClN3O2S. The molecule has 0 aliphatic carbocycles. The van der Waals surface area contributed by atoms with E-state index < -0.39 is 11.2 Å². The fourth-order valence-electron chi connectivity index (χ4n) is 1.36. The molecule has 1 N–H and O–H groups in total. The number of hydrogen-bond acceptors (Lipinski definition) is 4. The van der Waals surface area contributed by atoms with Crippen LogP contribution in [0.4, 0.5) is 0 Å². The molecule has 0 radical (unpaired) electrons. The Kier molecular flexibility index (Phi) is 3.44. The van der Waals surface area contributed by atoms with Crippen LogP contribution in [0.5, 0.6) is 0 Å². The Morgan fingerprint density at radius 3 is 2.94 bits per heavy atom. The summed E-state index contributed by atoms with van der Waals surface area (Å²) in [4.78, 5) is 29.1. The first-order valence-electron chi connectivity index (χ1n) is 5.02. The molecule has 2 aromatic heterocycles. The lowest BCUT2D eigenvalue weighted by atomic mass is 10.4. The van der Waals surface area contributed by atoms with Crippen molar-refractivity contribution >= 4 is 22.9 Å². The van der Waals surface area contributed by atoms with Crippen LogP contribution in [-0.2, 0) is 13.0 Å². The number of nitrogens with one attached hydrogen (secondary N) is 1. The Hall–Kier alpha value is -1.40. The van der Waals surface area contributed by atoms with Crippen LogP contribution in [-0.4, -0.2) is 14.5 Å². The molecule has 0 aromatic carbocycles. The van der Waals surface area contributed by atoms with Crippen molar-refractivity contribution in [3.8, 4) is 0 Å². The summed E-state index contributed by atoms with van der Waals surface area (Å²) in [5, 5.41) is 2.91. The van der Waals surface area contributed by atoms with E-state index in [1.165, 1.54) is 10.8 Å². The highest BCUT2D eigenvalue weighted by Gasteiger charge is 2.05. The van der Waals surface area contributed by atoms with Gasteiger partial charge in [0.1, 0.15) is 5.02 Å². The van der Waals surface area contributed by atoms with Crippen molar-refractivity contribution in [2.45, 2.75) is 19.9 Å². The lowest BCUT2D eigenvalue weighted by molar-refractivity contribution is 0.706. The van der Waals surface area contributed by atoms with Crippen molar-refractivity contribution in [3.63, 3.8) is 0 Å². The standard InChI is InChI=1S/C10H10ClN3O2S/c1-2-8-12-6(5-17-8)3-14-4-7(11)9(15)13-10(14)16/h4-5H,2-3H2,1H3,(H,13,15,16). The zero-order chi connectivity index (χ0) is 12.4. The van der Waals surface area contributed by atoms with Crippen molar-refractivity contribution in [2.75, 3.05) is 0 Å². The SMILES string of the molecule is CCc1nc(Cn2cc(Cl)c(=O)[nH]c2=O)cs1. The summed E-state index contributed by atoms with van der Waals surface area (Å²) in [5.74, 6) is 0. The van der Waals surface area contributed by atoms with Gasteiger partial charge in [0.15, 0.2) is 0 Å². The number of H-pyrrole nitrogens is 1. The van der Waals surface area contributed by atoms with Gasteiger partial charge in [0, 0.05) is 11.6 Å². The highest BCUT2D eigenvalue weighted by Crippen LogP contribution is 2.11. The van der Waals surface area contributed by atoms with E-state index in [1.807, 2.05) is 12.3 Å². The number of nitrogens with zero attached hydrogens (tertiary/aromatic N) is 2. The molecule has 0 spiro atoms. The van der Waals surface area contributed by atoms with Crippen molar-refractivity contribution in [1.82, 2.24) is 14.5 Å². The predicted molar refractivity (Wildman–Crippen MR) is 66.9 cm³/mol. The lowest BCUT2D eigenvalue weighted by Crippen LogP contribution is -2.30. The van der Waals surface area contributed by atoms with Gasteiger partial charge in [0.05, 0.1) is 17.2 Å². The second-order valence-electron chi connectivity index (χ2n) is 3.45. The summed E-state index contributed by atoms with van der Waals surface area (Å²) >= 11 is 7.21. The van der Waals surface area contributed by atoms with Gasteiger partial charge in [-0.3, -0.25) is 14.3 Å². The van der Waals surface area contributed by atoms with Crippen LogP contribution in [0.1, 0.15) is 17.6 Å². The topological polar surface area (TPSA) is 67.8 Å². The third kappa shape index (κ3) is 2.65. The maximum absolute atomic E-state index is 11.5. The molecule has 2 heterocycles. The van der Waals surface area contributed by atoms with Crippen LogP contribution < -0.4 is 11.2 Å². The summed E-state index contributed by atoms with van der Waals surface area (Å²) in [6.45, 7) is 2.33. The first kappa shape index (κ1) is 12.1. The van der Waals surface area contributed by atoms with Crippen molar-refractivity contribution in [2.24, 2.45) is 0 Å². The molecule has 7 heteroatoms. The molecule has 0 aliphatic heterocycles. The van der Waals surface area contributed by atoms with E-state index in [9.17, 15) is 9.59 Å². The molecule has 5 nitrogen and oxygen atoms in total. The molecule has 2 rings (SSSR count). The van der Waals surface area contributed by atoms with Gasteiger partial charge in [-0.25, -0.2) is 9.78 Å². The Bertz CT molecular complexity index is 643. The largest absolute Gasteiger partial charge is 0.328 e. The molecule has 0 saturated heterocycles. The quantitative estimate of drug-likeness (QED) is 0.914. The Balaban J connectivity index is 2.33. The predicted octanol–water partition coefficient (Wildman–Crippen LogP) is 1.26. The maximum Gasteiger partial charge on any atom is 0.328 e. The van der Waals surface area contributed by atoms with E-state index in [0.717, 1.165) is 17.1 Å². The van der Waals surface area contributed by atoms with Gasteiger partial charge in [0.25, 0.3) is 5.56 Å². The van der Waals surface area contributed by atoms with Gasteiger partial charge in [-0.05, 0) is 6.42 Å². The molecule has 0 fully saturated rings. The molecule has 0 saturated carbocycles. The van der Waals surface area contributed by atoms with Crippen molar-refractivity contribution in [1.29, 1.82) is 0 Å². The first-order chi connectivity index (χ1) is 8.10. The number of rotatable bonds is 3. The highest BCUT2D eigenvalue weighted by molar-refractivity contribution is 7.09. The van der Waals surface area contributed by atoms with Crippen LogP contribution in [0, 0.1) is 0 Å². The van der Waals surface area contributed by atoms with Crippen molar-refractivity contribution in [3.05, 3.63) is 48.1 Å². The fourth-order valence-corrected chi connectivity index (χ4v) is 2.26. The second-order valence-corrected chi connectivity index (χ2v) is 4.80. The molecular weight excluding hydrogens is 262 g/mol. The summed E-state index contributed by atoms with van der Waals surface area (Å²) in [6.07, 6.45) is 2.19. The minimum absolute atomic E-state index is 0.00413. The number of aromatic nitrogens is 3. The van der Waals surface area contributed by atoms with E-state index in [4.69, 9.17) is 11.6 Å². The lowest BCUT2D eigenvalue weighted by Gasteiger charge is -2.02. The molecule has 2 aromatic rings. The van der Waals surface area contributed by atoms with Crippen molar-refractivity contribution < 1.29 is 0 Å². The molecule has 0 bridgehead atoms. The average Bonchev–Trinajstić information content (AvgIpc) is 2.73. The molecule has 0 aliphatic rings. The van der Waals surface area contributed by atoms with E-state index in [1.54, 1.807) is 11.3 Å². The smallest absolute Gasteiger partial charge is 0.293 e. The fraction of sp³-hybridized carbons (Fsp3) is 0.300. The van der Waals surface area contributed by atoms with Crippen LogP contribution >= 0.6 is 22.9 Å². The molecule has 90 valence electrons. The first-order valence-corrected chi connectivity index (χ1v) is 6.28. The summed E-state index contributed by atoms with van der Waals surface area (Å²) in [5.41, 5.74) is -0.261. The van der Waals surface area contributed by atoms with Gasteiger partial charge < -0.3 is 0 Å². The van der Waals surface area contributed by atoms with Gasteiger partial charge >= 0.3 is 5.69 Å². The third-order valence-corrected chi connectivity index (χ3v) is 3.51. The molecule has 17 heavy (non-hydrogen) atoms. The monoisotopic (exact) mass is 271 g/mol. The van der Waals surface area contributed by atoms with Gasteiger partial charge in [0.2, 0.25) is 0 Å². The Morgan fingerprint density at radius 1 is 1.53 bits per heavy atom. The zero-order valence-electron chi connectivity index (χ0n) is 9.07. The van der Waals surface area contributed by atoms with Gasteiger partial charge in [-0.1, -0.05) is 18.5 Å². The number of halogens is 1. The van der Waals surface area contributed by atoms with Crippen LogP contribution in [0.15, 0.2) is 21.2 Å². The van der Waals surface area contributed by atoms with Gasteiger partial charge in [-0.15, -0.1) is 11.3 Å². The Morgan fingerprint density at radius 2 is 2.29 bits per heavy atom.